The molecule has 1 aliphatic rings. The molecule has 0 atom stereocenters. The summed E-state index contributed by atoms with van der Waals surface area (Å²) in [6.07, 6.45) is 4.10. The average molecular weight is 419 g/mol. The third-order valence-corrected chi connectivity index (χ3v) is 7.03. The summed E-state index contributed by atoms with van der Waals surface area (Å²) in [6.45, 7) is 1.69. The Morgan fingerprint density at radius 3 is 2.39 bits per heavy atom. The number of carbonyl (C=O) groups excluding carboxylic acids is 1. The van der Waals surface area contributed by atoms with Crippen LogP contribution < -0.4 is 3.61 Å². The monoisotopic (exact) mass is 421 g/mol. The van der Waals surface area contributed by atoms with Crippen LogP contribution in [0.2, 0.25) is 4.47 Å². The summed E-state index contributed by atoms with van der Waals surface area (Å²) in [4.78, 5) is 14.7. The number of hydrogen-bond acceptors (Lipinski definition) is 1. The first-order valence-corrected chi connectivity index (χ1v) is 10.8. The van der Waals surface area contributed by atoms with Gasteiger partial charge in [-0.05, 0) is 0 Å². The van der Waals surface area contributed by atoms with Crippen LogP contribution in [0.4, 0.5) is 0 Å². The number of carbonyl (C=O) groups is 1. The fraction of sp³-hybridized carbons (Fsp3) is 0.250. The Morgan fingerprint density at radius 2 is 1.65 bits per heavy atom. The summed E-state index contributed by atoms with van der Waals surface area (Å²) in [5, 5.41) is 0. The fourth-order valence-corrected chi connectivity index (χ4v) is 5.31. The zero-order chi connectivity index (χ0) is 15.9. The summed E-state index contributed by atoms with van der Waals surface area (Å²) >= 11 is -0.306. The van der Waals surface area contributed by atoms with Crippen molar-refractivity contribution in [2.45, 2.75) is 17.3 Å². The van der Waals surface area contributed by atoms with Crippen LogP contribution in [0.15, 0.2) is 72.3 Å². The molecule has 0 saturated heterocycles. The molecular weight excluding hydrogens is 398 g/mol. The van der Waals surface area contributed by atoms with E-state index in [9.17, 15) is 4.79 Å². The molecule has 0 unspecified atom stereocenters. The Kier molecular flexibility index (Phi) is 5.91. The van der Waals surface area contributed by atoms with Gasteiger partial charge in [0.15, 0.2) is 0 Å². The predicted molar refractivity (Wildman–Crippen MR) is 96.1 cm³/mol. The van der Waals surface area contributed by atoms with Gasteiger partial charge in [0.2, 0.25) is 0 Å². The molecule has 0 N–H and O–H groups in total. The standard InChI is InChI=1S/C20H21NOTe/c22-20-18(16-23-19-11-5-2-6-12-19)10-7-14-21(20)15-13-17-8-3-1-4-9-17/h1-6,8-12H,7,13-16H2. The van der Waals surface area contributed by atoms with Gasteiger partial charge in [0.25, 0.3) is 0 Å². The molecule has 23 heavy (non-hydrogen) atoms. The van der Waals surface area contributed by atoms with Crippen LogP contribution in [0.1, 0.15) is 12.0 Å². The molecule has 0 radical (unpaired) electrons. The SMILES string of the molecule is O=C1C(C[Te]c2ccccc2)=CCCN1CCc1ccccc1. The van der Waals surface area contributed by atoms with Crippen molar-refractivity contribution >= 4 is 30.4 Å². The first kappa shape index (κ1) is 16.3. The number of hydrogen-bond donors (Lipinski definition) is 0. The topological polar surface area (TPSA) is 20.3 Å². The van der Waals surface area contributed by atoms with Crippen LogP contribution in [0, 0.1) is 0 Å². The van der Waals surface area contributed by atoms with Gasteiger partial charge in [-0.25, -0.2) is 0 Å². The molecule has 0 bridgehead atoms. The maximum atomic E-state index is 12.6. The summed E-state index contributed by atoms with van der Waals surface area (Å²) in [5.74, 6) is 0.258. The van der Waals surface area contributed by atoms with Crippen LogP contribution in [-0.2, 0) is 11.2 Å². The molecule has 1 amide bonds. The second kappa shape index (κ2) is 8.34. The second-order valence-electron chi connectivity index (χ2n) is 5.65. The van der Waals surface area contributed by atoms with E-state index in [1.807, 2.05) is 17.0 Å². The minimum atomic E-state index is -0.306. The molecule has 1 aliphatic heterocycles. The molecular formula is C20H21NOTe. The van der Waals surface area contributed by atoms with Gasteiger partial charge in [-0.1, -0.05) is 0 Å². The molecule has 3 rings (SSSR count). The number of amides is 1. The molecule has 2 aromatic rings. The molecule has 0 aromatic heterocycles. The van der Waals surface area contributed by atoms with E-state index in [0.717, 1.165) is 36.0 Å². The summed E-state index contributed by atoms with van der Waals surface area (Å²) in [5.41, 5.74) is 2.34. The van der Waals surface area contributed by atoms with Crippen molar-refractivity contribution in [2.75, 3.05) is 13.1 Å². The number of benzene rings is 2. The van der Waals surface area contributed by atoms with Gasteiger partial charge in [0.1, 0.15) is 0 Å². The minimum absolute atomic E-state index is 0.258. The zero-order valence-electron chi connectivity index (χ0n) is 13.2. The molecule has 0 fully saturated rings. The van der Waals surface area contributed by atoms with Gasteiger partial charge < -0.3 is 0 Å². The normalized spacial score (nSPS) is 14.7. The first-order valence-electron chi connectivity index (χ1n) is 8.03. The van der Waals surface area contributed by atoms with Crippen LogP contribution >= 0.6 is 0 Å². The Hall–Kier alpha value is -1.56. The van der Waals surface area contributed by atoms with Crippen molar-refractivity contribution in [3.63, 3.8) is 0 Å². The maximum absolute atomic E-state index is 12.6. The Bertz CT molecular complexity index is 667. The molecule has 2 aromatic carbocycles. The molecule has 3 heteroatoms. The Labute approximate surface area is 148 Å². The number of nitrogens with zero attached hydrogens (tertiary/aromatic N) is 1. The van der Waals surface area contributed by atoms with Crippen molar-refractivity contribution in [2.24, 2.45) is 0 Å². The third-order valence-electron chi connectivity index (χ3n) is 4.00. The van der Waals surface area contributed by atoms with E-state index in [1.165, 1.54) is 9.17 Å². The van der Waals surface area contributed by atoms with Gasteiger partial charge in [0.05, 0.1) is 0 Å². The summed E-state index contributed by atoms with van der Waals surface area (Å²) in [6, 6.07) is 21.0. The van der Waals surface area contributed by atoms with Gasteiger partial charge >= 0.3 is 148 Å². The van der Waals surface area contributed by atoms with Crippen molar-refractivity contribution < 1.29 is 4.79 Å². The van der Waals surface area contributed by atoms with E-state index in [4.69, 9.17) is 0 Å². The van der Waals surface area contributed by atoms with E-state index in [0.29, 0.717) is 0 Å². The van der Waals surface area contributed by atoms with Crippen molar-refractivity contribution in [3.05, 3.63) is 77.9 Å². The van der Waals surface area contributed by atoms with E-state index in [2.05, 4.69) is 54.6 Å². The van der Waals surface area contributed by atoms with E-state index in [1.54, 1.807) is 0 Å². The zero-order valence-corrected chi connectivity index (χ0v) is 15.5. The summed E-state index contributed by atoms with van der Waals surface area (Å²) in [7, 11) is 0. The molecule has 0 saturated carbocycles. The molecule has 1 heterocycles. The number of rotatable bonds is 6. The molecule has 118 valence electrons. The van der Waals surface area contributed by atoms with Gasteiger partial charge in [-0.15, -0.1) is 0 Å². The Morgan fingerprint density at radius 1 is 0.957 bits per heavy atom. The van der Waals surface area contributed by atoms with Crippen molar-refractivity contribution in [1.82, 2.24) is 4.90 Å². The Balaban J connectivity index is 1.54. The molecule has 0 aliphatic carbocycles. The van der Waals surface area contributed by atoms with E-state index >= 15 is 0 Å². The first-order chi connectivity index (χ1) is 11.3. The van der Waals surface area contributed by atoms with Crippen LogP contribution in [-0.4, -0.2) is 44.8 Å². The van der Waals surface area contributed by atoms with E-state index in [-0.39, 0.29) is 26.8 Å². The van der Waals surface area contributed by atoms with Gasteiger partial charge in [-0.2, -0.15) is 0 Å². The van der Waals surface area contributed by atoms with Gasteiger partial charge in [0, 0.05) is 0 Å². The average Bonchev–Trinajstić information content (AvgIpc) is 2.61. The summed E-state index contributed by atoms with van der Waals surface area (Å²) < 4.78 is 2.39. The van der Waals surface area contributed by atoms with Crippen molar-refractivity contribution in [3.8, 4) is 0 Å². The second-order valence-corrected chi connectivity index (χ2v) is 8.64. The third kappa shape index (κ3) is 4.70. The quantitative estimate of drug-likeness (QED) is 0.660. The van der Waals surface area contributed by atoms with Crippen LogP contribution in [0.3, 0.4) is 0 Å². The van der Waals surface area contributed by atoms with Crippen LogP contribution in [0.25, 0.3) is 0 Å². The predicted octanol–water partition coefficient (Wildman–Crippen LogP) is 2.84. The fourth-order valence-electron chi connectivity index (χ4n) is 2.71. The van der Waals surface area contributed by atoms with Crippen molar-refractivity contribution in [1.29, 1.82) is 0 Å². The van der Waals surface area contributed by atoms with Gasteiger partial charge in [-0.3, -0.25) is 0 Å². The van der Waals surface area contributed by atoms with Crippen LogP contribution in [0.5, 0.6) is 0 Å². The molecule has 2 nitrogen and oxygen atoms in total. The van der Waals surface area contributed by atoms with E-state index < -0.39 is 0 Å². The molecule has 0 spiro atoms.